The summed E-state index contributed by atoms with van der Waals surface area (Å²) < 4.78 is 0. The number of nitrogens with zero attached hydrogens (tertiary/aromatic N) is 2. The number of halogens is 1. The topological polar surface area (TPSA) is 26.7 Å². The molecule has 2 aliphatic rings. The van der Waals surface area contributed by atoms with Gasteiger partial charge in [-0.1, -0.05) is 30.3 Å². The SMILES string of the molecule is CSc1ccc2c(c1O)N(CCC1CCCCN1C)c1ccccc1S2.Cl. The van der Waals surface area contributed by atoms with Crippen LogP contribution in [0.15, 0.2) is 51.1 Å². The van der Waals surface area contributed by atoms with Crippen LogP contribution < -0.4 is 4.90 Å². The minimum absolute atomic E-state index is 0. The van der Waals surface area contributed by atoms with Crippen molar-refractivity contribution < 1.29 is 5.11 Å². The maximum atomic E-state index is 10.9. The molecular formula is C21H27ClN2OS2. The highest BCUT2D eigenvalue weighted by atomic mass is 35.5. The molecule has 0 aromatic heterocycles. The van der Waals surface area contributed by atoms with Crippen LogP contribution in [0.25, 0.3) is 0 Å². The Kier molecular flexibility index (Phi) is 6.90. The summed E-state index contributed by atoms with van der Waals surface area (Å²) >= 11 is 3.36. The van der Waals surface area contributed by atoms with Gasteiger partial charge >= 0.3 is 0 Å². The molecule has 6 heteroatoms. The van der Waals surface area contributed by atoms with Gasteiger partial charge in [0.1, 0.15) is 0 Å². The molecular weight excluding hydrogens is 396 g/mol. The van der Waals surface area contributed by atoms with Crippen LogP contribution in [0.5, 0.6) is 5.75 Å². The van der Waals surface area contributed by atoms with Crippen LogP contribution in [0.3, 0.4) is 0 Å². The summed E-state index contributed by atoms with van der Waals surface area (Å²) in [5, 5.41) is 10.9. The number of fused-ring (bicyclic) bond motifs is 2. The summed E-state index contributed by atoms with van der Waals surface area (Å²) in [7, 11) is 2.25. The van der Waals surface area contributed by atoms with Gasteiger partial charge in [0.2, 0.25) is 0 Å². The van der Waals surface area contributed by atoms with Gasteiger partial charge in [-0.2, -0.15) is 0 Å². The Labute approximate surface area is 176 Å². The average molecular weight is 423 g/mol. The van der Waals surface area contributed by atoms with E-state index in [0.29, 0.717) is 11.8 Å². The van der Waals surface area contributed by atoms with Crippen LogP contribution >= 0.6 is 35.9 Å². The van der Waals surface area contributed by atoms with E-state index in [9.17, 15) is 5.11 Å². The van der Waals surface area contributed by atoms with Crippen molar-refractivity contribution in [3.63, 3.8) is 0 Å². The maximum Gasteiger partial charge on any atom is 0.153 e. The average Bonchev–Trinajstić information content (AvgIpc) is 2.67. The maximum absolute atomic E-state index is 10.9. The first-order chi connectivity index (χ1) is 12.7. The minimum atomic E-state index is 0. The molecule has 0 radical (unpaired) electrons. The van der Waals surface area contributed by atoms with Crippen LogP contribution in [0.4, 0.5) is 11.4 Å². The van der Waals surface area contributed by atoms with Gasteiger partial charge in [0.15, 0.2) is 5.75 Å². The third kappa shape index (κ3) is 4.07. The molecule has 3 nitrogen and oxygen atoms in total. The molecule has 2 aliphatic heterocycles. The fraction of sp³-hybridized carbons (Fsp3) is 0.429. The second-order valence-electron chi connectivity index (χ2n) is 7.10. The van der Waals surface area contributed by atoms with Crippen LogP contribution in [-0.2, 0) is 0 Å². The quantitative estimate of drug-likeness (QED) is 0.608. The summed E-state index contributed by atoms with van der Waals surface area (Å²) in [5.41, 5.74) is 2.20. The molecule has 4 rings (SSSR count). The molecule has 146 valence electrons. The van der Waals surface area contributed by atoms with E-state index in [1.165, 1.54) is 36.4 Å². The lowest BCUT2D eigenvalue weighted by molar-refractivity contribution is 0.178. The first-order valence-corrected chi connectivity index (χ1v) is 11.4. The monoisotopic (exact) mass is 422 g/mol. The molecule has 2 heterocycles. The first-order valence-electron chi connectivity index (χ1n) is 9.33. The largest absolute Gasteiger partial charge is 0.505 e. The zero-order valence-electron chi connectivity index (χ0n) is 15.9. The number of anilines is 2. The number of phenols is 1. The standard InChI is InChI=1S/C21H26N2OS2.ClH/c1-22-13-6-5-7-15(22)12-14-23-16-8-3-4-9-17(16)26-18-10-11-19(25-2)21(24)20(18)23;/h3-4,8-11,15,24H,5-7,12-14H2,1-2H3;1H. The molecule has 2 aromatic carbocycles. The predicted molar refractivity (Wildman–Crippen MR) is 120 cm³/mol. The second-order valence-corrected chi connectivity index (χ2v) is 9.04. The second kappa shape index (κ2) is 8.99. The van der Waals surface area contributed by atoms with E-state index >= 15 is 0 Å². The summed E-state index contributed by atoms with van der Waals surface area (Å²) in [6.45, 7) is 2.14. The summed E-state index contributed by atoms with van der Waals surface area (Å²) in [6.07, 6.45) is 7.08. The molecule has 0 amide bonds. The molecule has 1 unspecified atom stereocenters. The Balaban J connectivity index is 0.00000210. The van der Waals surface area contributed by atoms with E-state index in [1.54, 1.807) is 23.5 Å². The molecule has 1 N–H and O–H groups in total. The van der Waals surface area contributed by atoms with Crippen molar-refractivity contribution in [2.24, 2.45) is 0 Å². The van der Waals surface area contributed by atoms with Crippen LogP contribution in [0.2, 0.25) is 0 Å². The Bertz CT molecular complexity index is 802. The van der Waals surface area contributed by atoms with E-state index in [1.807, 2.05) is 12.3 Å². The van der Waals surface area contributed by atoms with E-state index in [0.717, 1.165) is 28.4 Å². The van der Waals surface area contributed by atoms with Crippen molar-refractivity contribution in [3.05, 3.63) is 36.4 Å². The molecule has 0 spiro atoms. The Morgan fingerprint density at radius 3 is 2.74 bits per heavy atom. The number of aromatic hydroxyl groups is 1. The first kappa shape index (κ1) is 20.7. The smallest absolute Gasteiger partial charge is 0.153 e. The summed E-state index contributed by atoms with van der Waals surface area (Å²) in [6, 6.07) is 13.4. The lowest BCUT2D eigenvalue weighted by atomic mass is 9.99. The van der Waals surface area contributed by atoms with Crippen molar-refractivity contribution >= 4 is 47.3 Å². The van der Waals surface area contributed by atoms with Gasteiger partial charge in [-0.15, -0.1) is 24.2 Å². The molecule has 0 bridgehead atoms. The van der Waals surface area contributed by atoms with Gasteiger partial charge in [-0.3, -0.25) is 0 Å². The molecule has 27 heavy (non-hydrogen) atoms. The molecule has 1 saturated heterocycles. The number of piperidine rings is 1. The van der Waals surface area contributed by atoms with Gasteiger partial charge in [-0.25, -0.2) is 0 Å². The van der Waals surface area contributed by atoms with E-state index < -0.39 is 0 Å². The zero-order chi connectivity index (χ0) is 18.1. The van der Waals surface area contributed by atoms with Crippen LogP contribution in [0.1, 0.15) is 25.7 Å². The number of rotatable bonds is 4. The number of hydrogen-bond donors (Lipinski definition) is 1. The predicted octanol–water partition coefficient (Wildman–Crippen LogP) is 6.01. The highest BCUT2D eigenvalue weighted by Crippen LogP contribution is 2.53. The number of benzene rings is 2. The lowest BCUT2D eigenvalue weighted by Crippen LogP contribution is -2.38. The third-order valence-corrected chi connectivity index (χ3v) is 7.43. The normalized spacial score (nSPS) is 19.2. The van der Waals surface area contributed by atoms with E-state index in [2.05, 4.69) is 47.2 Å². The number of para-hydroxylation sites is 1. The lowest BCUT2D eigenvalue weighted by Gasteiger charge is -2.37. The Morgan fingerprint density at radius 2 is 1.96 bits per heavy atom. The van der Waals surface area contributed by atoms with Gasteiger partial charge in [0.25, 0.3) is 0 Å². The summed E-state index contributed by atoms with van der Waals surface area (Å²) in [4.78, 5) is 8.22. The number of likely N-dealkylation sites (tertiary alicyclic amines) is 1. The van der Waals surface area contributed by atoms with Gasteiger partial charge < -0.3 is 14.9 Å². The Hall–Kier alpha value is -1.01. The molecule has 0 saturated carbocycles. The van der Waals surface area contributed by atoms with Crippen molar-refractivity contribution in [3.8, 4) is 5.75 Å². The molecule has 1 fully saturated rings. The number of thioether (sulfide) groups is 1. The van der Waals surface area contributed by atoms with Crippen molar-refractivity contribution in [1.29, 1.82) is 0 Å². The summed E-state index contributed by atoms with van der Waals surface area (Å²) in [5.74, 6) is 0.425. The number of phenolic OH excluding ortho intramolecular Hbond substituents is 1. The zero-order valence-corrected chi connectivity index (χ0v) is 18.3. The molecule has 1 atom stereocenters. The van der Waals surface area contributed by atoms with Crippen LogP contribution in [-0.4, -0.2) is 42.4 Å². The van der Waals surface area contributed by atoms with Crippen LogP contribution in [0, 0.1) is 0 Å². The molecule has 0 aliphatic carbocycles. The third-order valence-electron chi connectivity index (χ3n) is 5.55. The highest BCUT2D eigenvalue weighted by molar-refractivity contribution is 8.00. The van der Waals surface area contributed by atoms with Crippen molar-refractivity contribution in [2.45, 2.75) is 46.4 Å². The highest BCUT2D eigenvalue weighted by Gasteiger charge is 2.28. The van der Waals surface area contributed by atoms with Crippen molar-refractivity contribution in [1.82, 2.24) is 4.90 Å². The van der Waals surface area contributed by atoms with Gasteiger partial charge in [-0.05, 0) is 63.4 Å². The van der Waals surface area contributed by atoms with E-state index in [-0.39, 0.29) is 12.4 Å². The van der Waals surface area contributed by atoms with Gasteiger partial charge in [0.05, 0.1) is 16.3 Å². The number of hydrogen-bond acceptors (Lipinski definition) is 5. The fourth-order valence-corrected chi connectivity index (χ4v) is 5.68. The minimum Gasteiger partial charge on any atom is -0.505 e. The Morgan fingerprint density at radius 1 is 1.15 bits per heavy atom. The molecule has 2 aromatic rings. The fourth-order valence-electron chi connectivity index (χ4n) is 4.08. The van der Waals surface area contributed by atoms with E-state index in [4.69, 9.17) is 0 Å². The van der Waals surface area contributed by atoms with Crippen molar-refractivity contribution in [2.75, 3.05) is 31.3 Å². The van der Waals surface area contributed by atoms with Gasteiger partial charge in [0, 0.05) is 22.4 Å².